The maximum absolute atomic E-state index is 11.2. The zero-order chi connectivity index (χ0) is 17.4. The number of aromatic carboxylic acids is 1. The summed E-state index contributed by atoms with van der Waals surface area (Å²) in [4.78, 5) is 11.2. The molecular formula is C17H19BrN2O4. The normalized spacial score (nSPS) is 13.9. The minimum Gasteiger partial charge on any atom is -0.490 e. The molecule has 128 valence electrons. The Balaban J connectivity index is 2.28. The molecule has 0 unspecified atom stereocenters. The third-order valence-corrected chi connectivity index (χ3v) is 4.58. The molecule has 1 aliphatic heterocycles. The van der Waals surface area contributed by atoms with Crippen LogP contribution in [0.1, 0.15) is 42.2 Å². The molecule has 0 radical (unpaired) electrons. The van der Waals surface area contributed by atoms with Gasteiger partial charge in [0.15, 0.2) is 17.2 Å². The number of halogens is 1. The number of benzene rings is 1. The zero-order valence-electron chi connectivity index (χ0n) is 13.8. The quantitative estimate of drug-likeness (QED) is 0.855. The highest BCUT2D eigenvalue weighted by Crippen LogP contribution is 2.47. The van der Waals surface area contributed by atoms with E-state index in [1.165, 1.54) is 0 Å². The fourth-order valence-electron chi connectivity index (χ4n) is 2.92. The number of fused-ring (bicyclic) bond motifs is 1. The number of nitrogens with zero attached hydrogens (tertiary/aromatic N) is 2. The number of hydrogen-bond donors (Lipinski definition) is 1. The Bertz CT molecular complexity index is 798. The Hall–Kier alpha value is -2.02. The first kappa shape index (κ1) is 16.8. The van der Waals surface area contributed by atoms with Gasteiger partial charge in [-0.05, 0) is 34.0 Å². The van der Waals surface area contributed by atoms with Crippen molar-refractivity contribution in [1.29, 1.82) is 0 Å². The number of ether oxygens (including phenoxy) is 2. The highest BCUT2D eigenvalue weighted by Gasteiger charge is 2.26. The fraction of sp³-hybridized carbons (Fsp3) is 0.412. The van der Waals surface area contributed by atoms with E-state index in [0.717, 1.165) is 33.5 Å². The van der Waals surface area contributed by atoms with Crippen LogP contribution in [0.25, 0.3) is 11.3 Å². The molecule has 2 heterocycles. The van der Waals surface area contributed by atoms with Crippen molar-refractivity contribution in [2.24, 2.45) is 7.05 Å². The Morgan fingerprint density at radius 1 is 1.33 bits per heavy atom. The van der Waals surface area contributed by atoms with Crippen molar-refractivity contribution in [3.05, 3.63) is 27.9 Å². The summed E-state index contributed by atoms with van der Waals surface area (Å²) in [6.07, 6.45) is 0.827. The molecule has 1 aromatic heterocycles. The molecule has 3 rings (SSSR count). The van der Waals surface area contributed by atoms with Gasteiger partial charge in [-0.3, -0.25) is 4.68 Å². The Morgan fingerprint density at radius 2 is 2.04 bits per heavy atom. The van der Waals surface area contributed by atoms with E-state index in [2.05, 4.69) is 34.9 Å². The van der Waals surface area contributed by atoms with Crippen LogP contribution in [0.3, 0.4) is 0 Å². The number of aromatic nitrogens is 2. The summed E-state index contributed by atoms with van der Waals surface area (Å²) in [5.74, 6) is 0.566. The summed E-state index contributed by atoms with van der Waals surface area (Å²) in [6.45, 7) is 5.37. The maximum atomic E-state index is 11.2. The molecule has 1 aliphatic rings. The number of hydrogen-bond acceptors (Lipinski definition) is 4. The van der Waals surface area contributed by atoms with Gasteiger partial charge in [0.05, 0.1) is 18.9 Å². The van der Waals surface area contributed by atoms with Crippen LogP contribution in [-0.4, -0.2) is 34.1 Å². The van der Waals surface area contributed by atoms with Crippen LogP contribution in [0, 0.1) is 0 Å². The van der Waals surface area contributed by atoms with Crippen LogP contribution in [0.5, 0.6) is 11.5 Å². The van der Waals surface area contributed by atoms with Crippen LogP contribution < -0.4 is 9.47 Å². The second kappa shape index (κ2) is 6.47. The van der Waals surface area contributed by atoms with Crippen LogP contribution in [0.15, 0.2) is 16.6 Å². The van der Waals surface area contributed by atoms with E-state index in [-0.39, 0.29) is 11.6 Å². The molecule has 0 aliphatic carbocycles. The molecule has 2 aromatic rings. The molecule has 0 saturated carbocycles. The molecule has 7 heteroatoms. The molecule has 1 aromatic carbocycles. The van der Waals surface area contributed by atoms with E-state index < -0.39 is 5.97 Å². The third kappa shape index (κ3) is 2.88. The van der Waals surface area contributed by atoms with E-state index in [4.69, 9.17) is 9.47 Å². The van der Waals surface area contributed by atoms with Gasteiger partial charge in [0.2, 0.25) is 0 Å². The second-order valence-electron chi connectivity index (χ2n) is 6.02. The molecule has 0 bridgehead atoms. The van der Waals surface area contributed by atoms with E-state index in [1.807, 2.05) is 6.07 Å². The van der Waals surface area contributed by atoms with Crippen LogP contribution in [0.2, 0.25) is 0 Å². The number of rotatable bonds is 3. The van der Waals surface area contributed by atoms with Gasteiger partial charge in [0, 0.05) is 29.1 Å². The number of aryl methyl sites for hydroxylation is 1. The number of carboxylic acids is 1. The van der Waals surface area contributed by atoms with Gasteiger partial charge >= 0.3 is 5.97 Å². The average molecular weight is 395 g/mol. The lowest BCUT2D eigenvalue weighted by molar-refractivity contribution is 0.0689. The van der Waals surface area contributed by atoms with Gasteiger partial charge in [-0.15, -0.1) is 0 Å². The lowest BCUT2D eigenvalue weighted by atomic mass is 9.93. The van der Waals surface area contributed by atoms with E-state index in [9.17, 15) is 9.90 Å². The lowest BCUT2D eigenvalue weighted by Gasteiger charge is -2.21. The fourth-order valence-corrected chi connectivity index (χ4v) is 3.54. The first-order chi connectivity index (χ1) is 11.4. The largest absolute Gasteiger partial charge is 0.490 e. The molecule has 0 fully saturated rings. The Kier molecular flexibility index (Phi) is 4.54. The van der Waals surface area contributed by atoms with Crippen molar-refractivity contribution in [2.75, 3.05) is 13.2 Å². The van der Waals surface area contributed by atoms with Crippen molar-refractivity contribution in [1.82, 2.24) is 9.78 Å². The maximum Gasteiger partial charge on any atom is 0.356 e. The van der Waals surface area contributed by atoms with Crippen LogP contribution >= 0.6 is 15.9 Å². The zero-order valence-corrected chi connectivity index (χ0v) is 15.4. The van der Waals surface area contributed by atoms with Gasteiger partial charge in [-0.2, -0.15) is 5.10 Å². The van der Waals surface area contributed by atoms with E-state index in [1.54, 1.807) is 17.8 Å². The molecule has 24 heavy (non-hydrogen) atoms. The minimum absolute atomic E-state index is 0.0150. The molecule has 0 saturated heterocycles. The summed E-state index contributed by atoms with van der Waals surface area (Å²) in [6, 6.07) is 3.47. The van der Waals surface area contributed by atoms with Crippen LogP contribution in [-0.2, 0) is 7.05 Å². The number of carboxylic acid groups (broad SMARTS) is 1. The Labute approximate surface area is 148 Å². The topological polar surface area (TPSA) is 73.6 Å². The molecule has 6 nitrogen and oxygen atoms in total. The minimum atomic E-state index is -1.05. The lowest BCUT2D eigenvalue weighted by Crippen LogP contribution is -2.04. The first-order valence-electron chi connectivity index (χ1n) is 7.79. The van der Waals surface area contributed by atoms with Crippen molar-refractivity contribution in [3.63, 3.8) is 0 Å². The number of carbonyl (C=O) groups is 1. The first-order valence-corrected chi connectivity index (χ1v) is 8.59. The summed E-state index contributed by atoms with van der Waals surface area (Å²) in [7, 11) is 1.74. The highest BCUT2D eigenvalue weighted by molar-refractivity contribution is 9.10. The Morgan fingerprint density at radius 3 is 2.67 bits per heavy atom. The molecule has 0 amide bonds. The van der Waals surface area contributed by atoms with E-state index in [0.29, 0.717) is 19.0 Å². The smallest absolute Gasteiger partial charge is 0.356 e. The summed E-state index contributed by atoms with van der Waals surface area (Å²) < 4.78 is 14.2. The predicted molar refractivity (Wildman–Crippen MR) is 93.0 cm³/mol. The van der Waals surface area contributed by atoms with Gasteiger partial charge in [0.25, 0.3) is 0 Å². The standard InChI is InChI=1S/C17H19BrN2O4/c1-9(2)14-15(12-8-11(17(21)22)19-20(12)3)10(18)7-13-16(14)24-6-4-5-23-13/h7-9H,4-6H2,1-3H3,(H,21,22). The molecule has 0 spiro atoms. The van der Waals surface area contributed by atoms with Crippen molar-refractivity contribution in [2.45, 2.75) is 26.2 Å². The third-order valence-electron chi connectivity index (χ3n) is 3.96. The van der Waals surface area contributed by atoms with Gasteiger partial charge in [-0.25, -0.2) is 4.79 Å². The van der Waals surface area contributed by atoms with Crippen molar-refractivity contribution in [3.8, 4) is 22.8 Å². The monoisotopic (exact) mass is 394 g/mol. The van der Waals surface area contributed by atoms with Crippen molar-refractivity contribution >= 4 is 21.9 Å². The molecular weight excluding hydrogens is 376 g/mol. The van der Waals surface area contributed by atoms with Crippen molar-refractivity contribution < 1.29 is 19.4 Å². The second-order valence-corrected chi connectivity index (χ2v) is 6.88. The summed E-state index contributed by atoms with van der Waals surface area (Å²) >= 11 is 3.61. The van der Waals surface area contributed by atoms with Crippen LogP contribution in [0.4, 0.5) is 0 Å². The average Bonchev–Trinajstić information content (AvgIpc) is 2.74. The van der Waals surface area contributed by atoms with Gasteiger partial charge < -0.3 is 14.6 Å². The van der Waals surface area contributed by atoms with Gasteiger partial charge in [0.1, 0.15) is 0 Å². The summed E-state index contributed by atoms with van der Waals surface area (Å²) in [5, 5.41) is 13.3. The molecule has 1 N–H and O–H groups in total. The van der Waals surface area contributed by atoms with Gasteiger partial charge in [-0.1, -0.05) is 13.8 Å². The molecule has 0 atom stereocenters. The van der Waals surface area contributed by atoms with E-state index >= 15 is 0 Å². The SMILES string of the molecule is CC(C)c1c2c(cc(Br)c1-c1cc(C(=O)O)nn1C)OCCCO2. The summed E-state index contributed by atoms with van der Waals surface area (Å²) in [5.41, 5.74) is 2.61. The predicted octanol–water partition coefficient (Wildman–Crippen LogP) is 3.83. The highest BCUT2D eigenvalue weighted by atomic mass is 79.9.